The number of aliphatic carboxylic acids is 1. The molecule has 0 aromatic rings. The molecule has 0 aromatic heterocycles. The average Bonchev–Trinajstić information content (AvgIpc) is 1.96. The van der Waals surface area contributed by atoms with E-state index >= 15 is 0 Å². The Morgan fingerprint density at radius 2 is 2.06 bits per heavy atom. The van der Waals surface area contributed by atoms with Crippen molar-refractivity contribution in [3.05, 3.63) is 0 Å². The van der Waals surface area contributed by atoms with Gasteiger partial charge < -0.3 is 10.0 Å². The summed E-state index contributed by atoms with van der Waals surface area (Å²) in [6.45, 7) is 8.63. The van der Waals surface area contributed by atoms with Crippen LogP contribution in [-0.2, 0) is 9.59 Å². The van der Waals surface area contributed by atoms with Gasteiger partial charge in [0, 0.05) is 12.6 Å². The lowest BCUT2D eigenvalue weighted by Gasteiger charge is -2.48. The summed E-state index contributed by atoms with van der Waals surface area (Å²) in [6, 6.07) is 0.148. The molecule has 0 radical (unpaired) electrons. The van der Waals surface area contributed by atoms with Gasteiger partial charge >= 0.3 is 5.97 Å². The van der Waals surface area contributed by atoms with Crippen molar-refractivity contribution in [2.24, 2.45) is 0 Å². The highest BCUT2D eigenvalue weighted by Gasteiger charge is 2.39. The van der Waals surface area contributed by atoms with Crippen molar-refractivity contribution < 1.29 is 14.7 Å². The number of hydrogen-bond donors (Lipinski definition) is 1. The van der Waals surface area contributed by atoms with E-state index in [4.69, 9.17) is 5.11 Å². The first-order chi connectivity index (χ1) is 7.24. The first-order valence-corrected chi connectivity index (χ1v) is 5.50. The van der Waals surface area contributed by atoms with E-state index in [1.54, 1.807) is 4.90 Å². The molecule has 1 amide bonds. The van der Waals surface area contributed by atoms with Crippen LogP contribution in [0, 0.1) is 0 Å². The normalized spacial score (nSPS) is 21.6. The molecule has 5 nitrogen and oxygen atoms in total. The smallest absolute Gasteiger partial charge is 0.317 e. The summed E-state index contributed by atoms with van der Waals surface area (Å²) < 4.78 is 0. The Morgan fingerprint density at radius 3 is 2.44 bits per heavy atom. The van der Waals surface area contributed by atoms with Crippen LogP contribution in [0.15, 0.2) is 0 Å². The zero-order valence-corrected chi connectivity index (χ0v) is 10.4. The van der Waals surface area contributed by atoms with Crippen LogP contribution in [0.25, 0.3) is 0 Å². The topological polar surface area (TPSA) is 60.9 Å². The summed E-state index contributed by atoms with van der Waals surface area (Å²) in [5, 5.41) is 8.73. The van der Waals surface area contributed by atoms with Gasteiger partial charge in [0.1, 0.15) is 0 Å². The highest BCUT2D eigenvalue weighted by molar-refractivity contribution is 5.81. The minimum absolute atomic E-state index is 0.00694. The van der Waals surface area contributed by atoms with Gasteiger partial charge in [-0.25, -0.2) is 0 Å². The first kappa shape index (κ1) is 13.0. The Balaban J connectivity index is 2.80. The second kappa shape index (κ2) is 4.41. The maximum absolute atomic E-state index is 11.9. The molecule has 0 saturated carbocycles. The summed E-state index contributed by atoms with van der Waals surface area (Å²) in [4.78, 5) is 26.1. The predicted molar refractivity (Wildman–Crippen MR) is 60.1 cm³/mol. The fraction of sp³-hybridized carbons (Fsp3) is 0.818. The highest BCUT2D eigenvalue weighted by atomic mass is 16.4. The third kappa shape index (κ3) is 2.72. The molecule has 0 aromatic carbocycles. The third-order valence-corrected chi connectivity index (χ3v) is 2.77. The number of carboxylic acids is 1. The maximum Gasteiger partial charge on any atom is 0.317 e. The lowest BCUT2D eigenvalue weighted by atomic mass is 9.96. The molecule has 1 aliphatic heterocycles. The molecule has 1 aliphatic rings. The third-order valence-electron chi connectivity index (χ3n) is 2.77. The van der Waals surface area contributed by atoms with Crippen molar-refractivity contribution in [3.63, 3.8) is 0 Å². The fourth-order valence-electron chi connectivity index (χ4n) is 2.57. The molecular formula is C11H20N2O3. The molecule has 0 bridgehead atoms. The zero-order valence-electron chi connectivity index (χ0n) is 10.4. The van der Waals surface area contributed by atoms with Gasteiger partial charge in [0.2, 0.25) is 5.91 Å². The van der Waals surface area contributed by atoms with Crippen LogP contribution in [0.3, 0.4) is 0 Å². The van der Waals surface area contributed by atoms with Crippen LogP contribution in [0.1, 0.15) is 27.7 Å². The van der Waals surface area contributed by atoms with Crippen molar-refractivity contribution in [3.8, 4) is 0 Å². The van der Waals surface area contributed by atoms with E-state index < -0.39 is 5.97 Å². The molecular weight excluding hydrogens is 208 g/mol. The second-order valence-corrected chi connectivity index (χ2v) is 5.21. The first-order valence-electron chi connectivity index (χ1n) is 5.50. The van der Waals surface area contributed by atoms with Crippen LogP contribution < -0.4 is 0 Å². The van der Waals surface area contributed by atoms with E-state index in [1.807, 2.05) is 32.6 Å². The van der Waals surface area contributed by atoms with Gasteiger partial charge in [-0.15, -0.1) is 0 Å². The number of carbonyl (C=O) groups excluding carboxylic acids is 1. The largest absolute Gasteiger partial charge is 0.480 e. The predicted octanol–water partition coefficient (Wildman–Crippen LogP) is 0.402. The lowest BCUT2D eigenvalue weighted by molar-refractivity contribution is -0.150. The molecule has 5 heteroatoms. The Kier molecular flexibility index (Phi) is 3.57. The van der Waals surface area contributed by atoms with E-state index in [2.05, 4.69) is 0 Å². The SMILES string of the molecule is CC(C)N1C(=O)CN(CC(=O)O)CC1(C)C. The summed E-state index contributed by atoms with van der Waals surface area (Å²) >= 11 is 0. The van der Waals surface area contributed by atoms with Crippen LogP contribution in [-0.4, -0.2) is 58.0 Å². The van der Waals surface area contributed by atoms with Gasteiger partial charge in [-0.2, -0.15) is 0 Å². The van der Waals surface area contributed by atoms with E-state index in [1.165, 1.54) is 0 Å². The fourth-order valence-corrected chi connectivity index (χ4v) is 2.57. The summed E-state index contributed by atoms with van der Waals surface area (Å²) in [6.07, 6.45) is 0. The summed E-state index contributed by atoms with van der Waals surface area (Å²) in [5.41, 5.74) is -0.307. The van der Waals surface area contributed by atoms with E-state index in [9.17, 15) is 9.59 Å². The van der Waals surface area contributed by atoms with Gasteiger partial charge in [-0.05, 0) is 27.7 Å². The van der Waals surface area contributed by atoms with Gasteiger partial charge in [-0.3, -0.25) is 14.5 Å². The molecule has 0 spiro atoms. The number of carbonyl (C=O) groups is 2. The molecule has 1 rings (SSSR count). The number of rotatable bonds is 3. The maximum atomic E-state index is 11.9. The van der Waals surface area contributed by atoms with E-state index in [-0.39, 0.29) is 30.6 Å². The highest BCUT2D eigenvalue weighted by Crippen LogP contribution is 2.23. The van der Waals surface area contributed by atoms with Crippen LogP contribution in [0.2, 0.25) is 0 Å². The van der Waals surface area contributed by atoms with Crippen molar-refractivity contribution in [2.45, 2.75) is 39.3 Å². The molecule has 1 heterocycles. The number of piperazine rings is 1. The number of amides is 1. The molecule has 1 N–H and O–H groups in total. The van der Waals surface area contributed by atoms with Crippen molar-refractivity contribution in [2.75, 3.05) is 19.6 Å². The molecule has 0 aliphatic carbocycles. The minimum atomic E-state index is -0.887. The Morgan fingerprint density at radius 1 is 1.50 bits per heavy atom. The summed E-state index contributed by atoms with van der Waals surface area (Å²) in [7, 11) is 0. The van der Waals surface area contributed by atoms with E-state index in [0.29, 0.717) is 6.54 Å². The molecule has 0 unspecified atom stereocenters. The van der Waals surface area contributed by atoms with Crippen LogP contribution in [0.4, 0.5) is 0 Å². The zero-order chi connectivity index (χ0) is 12.5. The van der Waals surface area contributed by atoms with Crippen LogP contribution >= 0.6 is 0 Å². The lowest BCUT2D eigenvalue weighted by Crippen LogP contribution is -2.64. The Bertz CT molecular complexity index is 300. The molecule has 92 valence electrons. The van der Waals surface area contributed by atoms with Crippen LogP contribution in [0.5, 0.6) is 0 Å². The molecule has 1 fully saturated rings. The second-order valence-electron chi connectivity index (χ2n) is 5.21. The minimum Gasteiger partial charge on any atom is -0.480 e. The molecule has 0 atom stereocenters. The molecule has 16 heavy (non-hydrogen) atoms. The van der Waals surface area contributed by atoms with Crippen molar-refractivity contribution in [1.82, 2.24) is 9.80 Å². The van der Waals surface area contributed by atoms with Gasteiger partial charge in [0.05, 0.1) is 18.6 Å². The number of carboxylic acid groups (broad SMARTS) is 1. The van der Waals surface area contributed by atoms with Gasteiger partial charge in [0.15, 0.2) is 0 Å². The number of nitrogens with zero attached hydrogens (tertiary/aromatic N) is 2. The van der Waals surface area contributed by atoms with Crippen molar-refractivity contribution >= 4 is 11.9 Å². The molecule has 1 saturated heterocycles. The van der Waals surface area contributed by atoms with E-state index in [0.717, 1.165) is 0 Å². The Labute approximate surface area is 96.0 Å². The van der Waals surface area contributed by atoms with Gasteiger partial charge in [0.25, 0.3) is 0 Å². The Hall–Kier alpha value is -1.10. The standard InChI is InChI=1S/C11H20N2O3/c1-8(2)13-9(14)5-12(6-10(15)16)7-11(13,3)4/h8H,5-7H2,1-4H3,(H,15,16). The summed E-state index contributed by atoms with van der Waals surface area (Å²) in [5.74, 6) is -0.880. The average molecular weight is 228 g/mol. The van der Waals surface area contributed by atoms with Gasteiger partial charge in [-0.1, -0.05) is 0 Å². The van der Waals surface area contributed by atoms with Crippen molar-refractivity contribution in [1.29, 1.82) is 0 Å². The monoisotopic (exact) mass is 228 g/mol. The number of hydrogen-bond acceptors (Lipinski definition) is 3. The quantitative estimate of drug-likeness (QED) is 0.759.